The highest BCUT2D eigenvalue weighted by molar-refractivity contribution is 6.31. The minimum absolute atomic E-state index is 0.730. The van der Waals surface area contributed by atoms with Gasteiger partial charge >= 0.3 is 0 Å². The maximum Gasteiger partial charge on any atom is 0.123 e. The Morgan fingerprint density at radius 1 is 1.05 bits per heavy atom. The van der Waals surface area contributed by atoms with E-state index in [1.165, 1.54) is 5.52 Å². The van der Waals surface area contributed by atoms with Gasteiger partial charge in [0.15, 0.2) is 0 Å². The van der Waals surface area contributed by atoms with Crippen LogP contribution in [0.5, 0.6) is 0 Å². The summed E-state index contributed by atoms with van der Waals surface area (Å²) in [5.74, 6) is 1.06. The van der Waals surface area contributed by atoms with Crippen LogP contribution in [0.15, 0.2) is 48.5 Å². The molecule has 0 aliphatic rings. The first-order valence-electron chi connectivity index (χ1n) is 7.18. The number of hydrogen-bond acceptors (Lipinski definition) is 2. The van der Waals surface area contributed by atoms with E-state index in [0.717, 1.165) is 41.6 Å². The van der Waals surface area contributed by atoms with Gasteiger partial charge in [-0.15, -0.1) is 0 Å². The van der Waals surface area contributed by atoms with Crippen molar-refractivity contribution in [3.63, 3.8) is 0 Å². The molecule has 2 aromatic carbocycles. The summed E-state index contributed by atoms with van der Waals surface area (Å²) >= 11 is 6.17. The molecule has 0 saturated heterocycles. The second kappa shape index (κ2) is 6.29. The van der Waals surface area contributed by atoms with Gasteiger partial charge in [-0.3, -0.25) is 0 Å². The van der Waals surface area contributed by atoms with E-state index in [4.69, 9.17) is 16.6 Å². The van der Waals surface area contributed by atoms with Crippen molar-refractivity contribution in [2.75, 3.05) is 0 Å². The number of rotatable bonds is 5. The molecule has 3 rings (SSSR count). The summed E-state index contributed by atoms with van der Waals surface area (Å²) in [7, 11) is 0. The van der Waals surface area contributed by atoms with Gasteiger partial charge in [-0.25, -0.2) is 4.98 Å². The van der Waals surface area contributed by atoms with E-state index < -0.39 is 0 Å². The van der Waals surface area contributed by atoms with Gasteiger partial charge in [0.05, 0.1) is 17.6 Å². The van der Waals surface area contributed by atoms with Gasteiger partial charge in [-0.2, -0.15) is 0 Å². The standard InChI is InChI=1S/C17H18ClN3/c1-2-21-16-10-6-5-9-15(16)20-17(21)12-19-11-13-7-3-4-8-14(13)18/h3-10,19H,2,11-12H2,1H3. The Morgan fingerprint density at radius 2 is 1.81 bits per heavy atom. The first-order chi connectivity index (χ1) is 10.3. The van der Waals surface area contributed by atoms with E-state index in [0.29, 0.717) is 0 Å². The summed E-state index contributed by atoms with van der Waals surface area (Å²) in [5, 5.41) is 4.23. The summed E-state index contributed by atoms with van der Waals surface area (Å²) in [6.45, 7) is 4.54. The third kappa shape index (κ3) is 2.94. The van der Waals surface area contributed by atoms with Crippen LogP contribution in [-0.2, 0) is 19.6 Å². The van der Waals surface area contributed by atoms with Gasteiger partial charge in [0, 0.05) is 18.1 Å². The zero-order valence-electron chi connectivity index (χ0n) is 12.0. The van der Waals surface area contributed by atoms with Gasteiger partial charge in [0.25, 0.3) is 0 Å². The number of aromatic nitrogens is 2. The van der Waals surface area contributed by atoms with Crippen molar-refractivity contribution in [2.45, 2.75) is 26.6 Å². The number of benzene rings is 2. The van der Waals surface area contributed by atoms with Crippen LogP contribution in [0.1, 0.15) is 18.3 Å². The molecule has 108 valence electrons. The van der Waals surface area contributed by atoms with Crippen molar-refractivity contribution in [3.8, 4) is 0 Å². The molecule has 4 heteroatoms. The summed E-state index contributed by atoms with van der Waals surface area (Å²) in [6.07, 6.45) is 0. The highest BCUT2D eigenvalue weighted by Crippen LogP contribution is 2.17. The Hall–Kier alpha value is -1.84. The topological polar surface area (TPSA) is 29.9 Å². The van der Waals surface area contributed by atoms with Gasteiger partial charge in [-0.1, -0.05) is 41.9 Å². The van der Waals surface area contributed by atoms with Crippen molar-refractivity contribution < 1.29 is 0 Å². The molecule has 1 N–H and O–H groups in total. The van der Waals surface area contributed by atoms with Gasteiger partial charge in [0.1, 0.15) is 5.82 Å². The SMILES string of the molecule is CCn1c(CNCc2ccccc2Cl)nc2ccccc21. The van der Waals surface area contributed by atoms with Crippen LogP contribution in [0.2, 0.25) is 5.02 Å². The fourth-order valence-corrected chi connectivity index (χ4v) is 2.77. The zero-order chi connectivity index (χ0) is 14.7. The molecule has 0 aliphatic carbocycles. The van der Waals surface area contributed by atoms with Crippen LogP contribution in [0, 0.1) is 0 Å². The van der Waals surface area contributed by atoms with Crippen molar-refractivity contribution >= 4 is 22.6 Å². The number of halogens is 1. The third-order valence-corrected chi connectivity index (χ3v) is 3.97. The van der Waals surface area contributed by atoms with E-state index in [1.54, 1.807) is 0 Å². The quantitative estimate of drug-likeness (QED) is 0.772. The van der Waals surface area contributed by atoms with E-state index >= 15 is 0 Å². The Morgan fingerprint density at radius 3 is 2.62 bits per heavy atom. The summed E-state index contributed by atoms with van der Waals surface area (Å²) in [6, 6.07) is 16.2. The normalized spacial score (nSPS) is 11.1. The smallest absolute Gasteiger partial charge is 0.123 e. The minimum atomic E-state index is 0.730. The Kier molecular flexibility index (Phi) is 4.23. The first kappa shape index (κ1) is 14.1. The fraction of sp³-hybridized carbons (Fsp3) is 0.235. The van der Waals surface area contributed by atoms with Crippen molar-refractivity contribution in [2.24, 2.45) is 0 Å². The molecule has 0 aliphatic heterocycles. The number of nitrogens with one attached hydrogen (secondary N) is 1. The number of fused-ring (bicyclic) bond motifs is 1. The maximum absolute atomic E-state index is 6.17. The highest BCUT2D eigenvalue weighted by atomic mass is 35.5. The van der Waals surface area contributed by atoms with Gasteiger partial charge in [-0.05, 0) is 30.7 Å². The fourth-order valence-electron chi connectivity index (χ4n) is 2.56. The molecule has 1 heterocycles. The van der Waals surface area contributed by atoms with Crippen molar-refractivity contribution in [1.29, 1.82) is 0 Å². The van der Waals surface area contributed by atoms with Crippen LogP contribution >= 0.6 is 11.6 Å². The molecule has 0 unspecified atom stereocenters. The third-order valence-electron chi connectivity index (χ3n) is 3.61. The van der Waals surface area contributed by atoms with E-state index in [-0.39, 0.29) is 0 Å². The van der Waals surface area contributed by atoms with Crippen molar-refractivity contribution in [3.05, 3.63) is 64.9 Å². The molecular formula is C17H18ClN3. The maximum atomic E-state index is 6.17. The van der Waals surface area contributed by atoms with Crippen LogP contribution in [0.3, 0.4) is 0 Å². The zero-order valence-corrected chi connectivity index (χ0v) is 12.8. The minimum Gasteiger partial charge on any atom is -0.327 e. The molecule has 1 aromatic heterocycles. The molecule has 0 saturated carbocycles. The van der Waals surface area contributed by atoms with E-state index in [1.807, 2.05) is 30.3 Å². The molecule has 0 atom stereocenters. The molecule has 0 bridgehead atoms. The van der Waals surface area contributed by atoms with Crippen LogP contribution in [-0.4, -0.2) is 9.55 Å². The Bertz CT molecular complexity index is 749. The Labute approximate surface area is 129 Å². The lowest BCUT2D eigenvalue weighted by molar-refractivity contribution is 0.621. The lowest BCUT2D eigenvalue weighted by Crippen LogP contribution is -2.16. The molecule has 0 fully saturated rings. The molecular weight excluding hydrogens is 282 g/mol. The summed E-state index contributed by atoms with van der Waals surface area (Å²) in [5.41, 5.74) is 3.35. The molecule has 3 nitrogen and oxygen atoms in total. The highest BCUT2D eigenvalue weighted by Gasteiger charge is 2.08. The monoisotopic (exact) mass is 299 g/mol. The van der Waals surface area contributed by atoms with E-state index in [9.17, 15) is 0 Å². The lowest BCUT2D eigenvalue weighted by atomic mass is 10.2. The van der Waals surface area contributed by atoms with Crippen LogP contribution in [0.4, 0.5) is 0 Å². The number of hydrogen-bond donors (Lipinski definition) is 1. The second-order valence-corrected chi connectivity index (χ2v) is 5.36. The Balaban J connectivity index is 1.75. The first-order valence-corrected chi connectivity index (χ1v) is 7.55. The average molecular weight is 300 g/mol. The summed E-state index contributed by atoms with van der Waals surface area (Å²) < 4.78 is 2.24. The molecule has 0 radical (unpaired) electrons. The molecule has 3 aromatic rings. The predicted molar refractivity (Wildman–Crippen MR) is 87.4 cm³/mol. The second-order valence-electron chi connectivity index (χ2n) is 4.96. The molecule has 21 heavy (non-hydrogen) atoms. The largest absolute Gasteiger partial charge is 0.327 e. The molecule has 0 spiro atoms. The van der Waals surface area contributed by atoms with Crippen LogP contribution < -0.4 is 5.32 Å². The van der Waals surface area contributed by atoms with E-state index in [2.05, 4.69) is 35.0 Å². The number of imidazole rings is 1. The van der Waals surface area contributed by atoms with Gasteiger partial charge < -0.3 is 9.88 Å². The lowest BCUT2D eigenvalue weighted by Gasteiger charge is -2.08. The van der Waals surface area contributed by atoms with Crippen molar-refractivity contribution in [1.82, 2.24) is 14.9 Å². The average Bonchev–Trinajstić information content (AvgIpc) is 2.86. The summed E-state index contributed by atoms with van der Waals surface area (Å²) in [4.78, 5) is 4.70. The van der Waals surface area contributed by atoms with Gasteiger partial charge in [0.2, 0.25) is 0 Å². The number of aryl methyl sites for hydroxylation is 1. The molecule has 0 amide bonds. The number of nitrogens with zero attached hydrogens (tertiary/aromatic N) is 2. The number of para-hydroxylation sites is 2. The predicted octanol–water partition coefficient (Wildman–Crippen LogP) is 4.00. The van der Waals surface area contributed by atoms with Crippen LogP contribution in [0.25, 0.3) is 11.0 Å².